The SMILES string of the molecule is CCC(=O)N1CCC(c2ccc([N+](=O)[O-])cc2OC)C1. The highest BCUT2D eigenvalue weighted by Crippen LogP contribution is 2.35. The van der Waals surface area contributed by atoms with Crippen molar-refractivity contribution in [2.24, 2.45) is 0 Å². The number of carbonyl (C=O) groups is 1. The van der Waals surface area contributed by atoms with Gasteiger partial charge in [-0.1, -0.05) is 6.92 Å². The van der Waals surface area contributed by atoms with Gasteiger partial charge in [0, 0.05) is 31.5 Å². The maximum Gasteiger partial charge on any atom is 0.273 e. The normalized spacial score (nSPS) is 18.1. The number of carbonyl (C=O) groups excluding carboxylic acids is 1. The van der Waals surface area contributed by atoms with Crippen molar-refractivity contribution in [1.29, 1.82) is 0 Å². The van der Waals surface area contributed by atoms with E-state index in [0.29, 0.717) is 18.7 Å². The number of rotatable bonds is 4. The first-order chi connectivity index (χ1) is 9.56. The lowest BCUT2D eigenvalue weighted by molar-refractivity contribution is -0.384. The van der Waals surface area contributed by atoms with Crippen LogP contribution in [0.15, 0.2) is 18.2 Å². The van der Waals surface area contributed by atoms with E-state index in [-0.39, 0.29) is 17.5 Å². The molecule has 1 aliphatic rings. The van der Waals surface area contributed by atoms with Crippen molar-refractivity contribution >= 4 is 11.6 Å². The Kier molecular flexibility index (Phi) is 4.22. The monoisotopic (exact) mass is 278 g/mol. The lowest BCUT2D eigenvalue weighted by Gasteiger charge is -2.17. The Morgan fingerprint density at radius 1 is 1.55 bits per heavy atom. The van der Waals surface area contributed by atoms with Crippen molar-refractivity contribution < 1.29 is 14.5 Å². The van der Waals surface area contributed by atoms with E-state index < -0.39 is 4.92 Å². The third-order valence-electron chi connectivity index (χ3n) is 3.71. The third-order valence-corrected chi connectivity index (χ3v) is 3.71. The van der Waals surface area contributed by atoms with Gasteiger partial charge in [0.05, 0.1) is 18.1 Å². The smallest absolute Gasteiger partial charge is 0.273 e. The van der Waals surface area contributed by atoms with Crippen LogP contribution in [0.3, 0.4) is 0 Å². The van der Waals surface area contributed by atoms with Gasteiger partial charge < -0.3 is 9.64 Å². The predicted molar refractivity (Wildman–Crippen MR) is 73.9 cm³/mol. The molecule has 108 valence electrons. The topological polar surface area (TPSA) is 72.7 Å². The highest BCUT2D eigenvalue weighted by atomic mass is 16.6. The minimum absolute atomic E-state index is 0.0186. The minimum Gasteiger partial charge on any atom is -0.496 e. The molecule has 2 rings (SSSR count). The van der Waals surface area contributed by atoms with Gasteiger partial charge in [0.25, 0.3) is 5.69 Å². The highest BCUT2D eigenvalue weighted by molar-refractivity contribution is 5.76. The molecule has 0 aliphatic carbocycles. The molecule has 6 heteroatoms. The molecule has 1 aromatic rings. The van der Waals surface area contributed by atoms with Crippen LogP contribution in [0.2, 0.25) is 0 Å². The van der Waals surface area contributed by atoms with Crippen molar-refractivity contribution in [2.45, 2.75) is 25.7 Å². The van der Waals surface area contributed by atoms with Gasteiger partial charge in [0.15, 0.2) is 0 Å². The lowest BCUT2D eigenvalue weighted by atomic mass is 9.97. The standard InChI is InChI=1S/C14H18N2O4/c1-3-14(17)15-7-6-10(9-15)12-5-4-11(16(18)19)8-13(12)20-2/h4-5,8,10H,3,6-7,9H2,1-2H3. The number of hydrogen-bond acceptors (Lipinski definition) is 4. The highest BCUT2D eigenvalue weighted by Gasteiger charge is 2.29. The molecular weight excluding hydrogens is 260 g/mol. The van der Waals surface area contributed by atoms with Crippen LogP contribution in [0.25, 0.3) is 0 Å². The molecule has 6 nitrogen and oxygen atoms in total. The number of likely N-dealkylation sites (tertiary alicyclic amines) is 1. The van der Waals surface area contributed by atoms with Gasteiger partial charge in [0.1, 0.15) is 5.75 Å². The number of non-ortho nitro benzene ring substituents is 1. The van der Waals surface area contributed by atoms with Gasteiger partial charge >= 0.3 is 0 Å². The average molecular weight is 278 g/mol. The molecule has 20 heavy (non-hydrogen) atoms. The number of nitrogens with zero attached hydrogens (tertiary/aromatic N) is 2. The summed E-state index contributed by atoms with van der Waals surface area (Å²) in [6.07, 6.45) is 1.37. The second kappa shape index (κ2) is 5.90. The summed E-state index contributed by atoms with van der Waals surface area (Å²) < 4.78 is 5.26. The number of amides is 1. The lowest BCUT2D eigenvalue weighted by Crippen LogP contribution is -2.27. The van der Waals surface area contributed by atoms with Crippen LogP contribution in [0.4, 0.5) is 5.69 Å². The van der Waals surface area contributed by atoms with E-state index in [9.17, 15) is 14.9 Å². The minimum atomic E-state index is -0.437. The Morgan fingerprint density at radius 3 is 2.90 bits per heavy atom. The number of nitro groups is 1. The molecular formula is C14H18N2O4. The van der Waals surface area contributed by atoms with Gasteiger partial charge in [-0.2, -0.15) is 0 Å². The Hall–Kier alpha value is -2.11. The Morgan fingerprint density at radius 2 is 2.30 bits per heavy atom. The fourth-order valence-electron chi connectivity index (χ4n) is 2.61. The Labute approximate surface area is 117 Å². The van der Waals surface area contributed by atoms with Crippen LogP contribution in [0, 0.1) is 10.1 Å². The maximum atomic E-state index is 11.7. The first-order valence-electron chi connectivity index (χ1n) is 6.67. The first-order valence-corrected chi connectivity index (χ1v) is 6.67. The molecule has 1 fully saturated rings. The average Bonchev–Trinajstić information content (AvgIpc) is 2.95. The van der Waals surface area contributed by atoms with Crippen molar-refractivity contribution in [1.82, 2.24) is 4.90 Å². The molecule has 1 saturated heterocycles. The largest absolute Gasteiger partial charge is 0.496 e. The van der Waals surface area contributed by atoms with Gasteiger partial charge in [-0.15, -0.1) is 0 Å². The van der Waals surface area contributed by atoms with Crippen LogP contribution in [-0.4, -0.2) is 35.9 Å². The molecule has 1 heterocycles. The van der Waals surface area contributed by atoms with Crippen LogP contribution in [0.1, 0.15) is 31.2 Å². The molecule has 0 saturated carbocycles. The summed E-state index contributed by atoms with van der Waals surface area (Å²) >= 11 is 0. The zero-order valence-electron chi connectivity index (χ0n) is 11.7. The zero-order chi connectivity index (χ0) is 14.7. The summed E-state index contributed by atoms with van der Waals surface area (Å²) in [7, 11) is 1.51. The first kappa shape index (κ1) is 14.3. The van der Waals surface area contributed by atoms with Gasteiger partial charge in [-0.25, -0.2) is 0 Å². The van der Waals surface area contributed by atoms with Crippen molar-refractivity contribution in [3.63, 3.8) is 0 Å². The number of nitro benzene ring substituents is 1. The molecule has 1 amide bonds. The second-order valence-electron chi connectivity index (χ2n) is 4.86. The van der Waals surface area contributed by atoms with Gasteiger partial charge in [-0.05, 0) is 18.1 Å². The number of benzene rings is 1. The van der Waals surface area contributed by atoms with Gasteiger partial charge in [-0.3, -0.25) is 14.9 Å². The number of methoxy groups -OCH3 is 1. The Bertz CT molecular complexity index is 530. The molecule has 1 unspecified atom stereocenters. The van der Waals surface area contributed by atoms with Crippen LogP contribution >= 0.6 is 0 Å². The molecule has 0 bridgehead atoms. The van der Waals surface area contributed by atoms with Crippen molar-refractivity contribution in [3.05, 3.63) is 33.9 Å². The summed E-state index contributed by atoms with van der Waals surface area (Å²) in [6, 6.07) is 4.67. The second-order valence-corrected chi connectivity index (χ2v) is 4.86. The number of ether oxygens (including phenoxy) is 1. The third kappa shape index (κ3) is 2.74. The summed E-state index contributed by atoms with van der Waals surface area (Å²) in [6.45, 7) is 3.24. The summed E-state index contributed by atoms with van der Waals surface area (Å²) in [4.78, 5) is 23.9. The maximum absolute atomic E-state index is 11.7. The van der Waals surface area contributed by atoms with E-state index in [1.165, 1.54) is 19.2 Å². The summed E-state index contributed by atoms with van der Waals surface area (Å²) in [5.41, 5.74) is 0.953. The van der Waals surface area contributed by atoms with Crippen LogP contribution in [0.5, 0.6) is 5.75 Å². The molecule has 0 aromatic heterocycles. The molecule has 0 N–H and O–H groups in total. The molecule has 1 aliphatic heterocycles. The van der Waals surface area contributed by atoms with Crippen molar-refractivity contribution in [2.75, 3.05) is 20.2 Å². The number of hydrogen-bond donors (Lipinski definition) is 0. The summed E-state index contributed by atoms with van der Waals surface area (Å²) in [5, 5.41) is 10.8. The zero-order valence-corrected chi connectivity index (χ0v) is 11.7. The van der Waals surface area contributed by atoms with E-state index in [1.54, 1.807) is 6.07 Å². The van der Waals surface area contributed by atoms with E-state index in [2.05, 4.69) is 0 Å². The summed E-state index contributed by atoms with van der Waals surface area (Å²) in [5.74, 6) is 0.852. The van der Waals surface area contributed by atoms with E-state index in [1.807, 2.05) is 11.8 Å². The molecule has 1 atom stereocenters. The van der Waals surface area contributed by atoms with E-state index in [0.717, 1.165) is 18.5 Å². The van der Waals surface area contributed by atoms with E-state index >= 15 is 0 Å². The van der Waals surface area contributed by atoms with E-state index in [4.69, 9.17) is 4.74 Å². The van der Waals surface area contributed by atoms with Gasteiger partial charge in [0.2, 0.25) is 5.91 Å². The fourth-order valence-corrected chi connectivity index (χ4v) is 2.61. The van der Waals surface area contributed by atoms with Crippen molar-refractivity contribution in [3.8, 4) is 5.75 Å². The molecule has 1 aromatic carbocycles. The molecule has 0 spiro atoms. The fraction of sp³-hybridized carbons (Fsp3) is 0.500. The van der Waals surface area contributed by atoms with Crippen LogP contribution in [-0.2, 0) is 4.79 Å². The van der Waals surface area contributed by atoms with Crippen LogP contribution < -0.4 is 4.74 Å². The Balaban J connectivity index is 2.21. The predicted octanol–water partition coefficient (Wildman–Crippen LogP) is 2.33. The molecule has 0 radical (unpaired) electrons. The quantitative estimate of drug-likeness (QED) is 0.626.